The fraction of sp³-hybridized carbons (Fsp3) is 0. The molecule has 0 saturated carbocycles. The highest BCUT2D eigenvalue weighted by atomic mass is 35.5. The number of aromatic nitrogens is 1. The quantitative estimate of drug-likeness (QED) is 0.645. The summed E-state index contributed by atoms with van der Waals surface area (Å²) < 4.78 is 32.2. The molecule has 1 heterocycles. The van der Waals surface area contributed by atoms with E-state index in [9.17, 15) is 13.6 Å². The molecule has 25 heavy (non-hydrogen) atoms. The van der Waals surface area contributed by atoms with E-state index in [2.05, 4.69) is 10.3 Å². The topological polar surface area (TPSA) is 51.2 Å². The molecule has 0 saturated heterocycles. The predicted molar refractivity (Wildman–Crippen MR) is 90.7 cm³/mol. The van der Waals surface area contributed by atoms with Gasteiger partial charge in [-0.2, -0.15) is 4.39 Å². The molecule has 1 aromatic heterocycles. The van der Waals surface area contributed by atoms with Gasteiger partial charge in [0.05, 0.1) is 10.7 Å². The molecule has 7 heteroatoms. The molecule has 3 rings (SSSR count). The Morgan fingerprint density at radius 2 is 1.84 bits per heavy atom. The van der Waals surface area contributed by atoms with Gasteiger partial charge in [0.15, 0.2) is 0 Å². The largest absolute Gasteiger partial charge is 0.417 e. The molecule has 0 bridgehead atoms. The third-order valence-electron chi connectivity index (χ3n) is 3.29. The van der Waals surface area contributed by atoms with Crippen LogP contribution in [0.2, 0.25) is 5.02 Å². The second-order valence-corrected chi connectivity index (χ2v) is 5.42. The average Bonchev–Trinajstić information content (AvgIpc) is 2.59. The van der Waals surface area contributed by atoms with E-state index in [-0.39, 0.29) is 10.7 Å². The molecule has 0 aliphatic heterocycles. The molecule has 126 valence electrons. The van der Waals surface area contributed by atoms with E-state index in [1.807, 2.05) is 0 Å². The molecular formula is C18H11ClF2N2O2. The van der Waals surface area contributed by atoms with E-state index in [0.29, 0.717) is 16.9 Å². The number of anilines is 1. The number of benzene rings is 2. The number of pyridine rings is 1. The van der Waals surface area contributed by atoms with Crippen molar-refractivity contribution in [2.24, 2.45) is 0 Å². The smallest absolute Gasteiger partial charge is 0.410 e. The minimum Gasteiger partial charge on any atom is -0.410 e. The van der Waals surface area contributed by atoms with Crippen LogP contribution in [0, 0.1) is 11.8 Å². The molecule has 0 radical (unpaired) electrons. The number of carbonyl (C=O) groups excluding carboxylic acids is 1. The van der Waals surface area contributed by atoms with Crippen molar-refractivity contribution in [3.05, 3.63) is 77.6 Å². The summed E-state index contributed by atoms with van der Waals surface area (Å²) in [6, 6.07) is 13.3. The second-order valence-electron chi connectivity index (χ2n) is 5.01. The van der Waals surface area contributed by atoms with Crippen LogP contribution in [-0.4, -0.2) is 11.1 Å². The first-order valence-electron chi connectivity index (χ1n) is 7.18. The maximum absolute atomic E-state index is 14.3. The highest BCUT2D eigenvalue weighted by molar-refractivity contribution is 6.33. The fourth-order valence-electron chi connectivity index (χ4n) is 2.13. The van der Waals surface area contributed by atoms with Crippen LogP contribution in [0.5, 0.6) is 5.75 Å². The minimum absolute atomic E-state index is 0.134. The molecule has 0 atom stereocenters. The van der Waals surface area contributed by atoms with Gasteiger partial charge in [-0.15, -0.1) is 0 Å². The SMILES string of the molecule is O=C(Nc1cc(Cl)c(-c2ccc(F)nc2)cc1F)Oc1ccccc1. The number of rotatable bonds is 3. The first-order valence-corrected chi connectivity index (χ1v) is 7.55. The molecule has 0 spiro atoms. The van der Waals surface area contributed by atoms with E-state index in [4.69, 9.17) is 16.3 Å². The van der Waals surface area contributed by atoms with Crippen molar-refractivity contribution in [3.63, 3.8) is 0 Å². The van der Waals surface area contributed by atoms with Crippen LogP contribution in [0.1, 0.15) is 0 Å². The third-order valence-corrected chi connectivity index (χ3v) is 3.60. The van der Waals surface area contributed by atoms with Crippen molar-refractivity contribution in [3.8, 4) is 16.9 Å². The summed E-state index contributed by atoms with van der Waals surface area (Å²) in [6.07, 6.45) is 0.393. The molecule has 0 unspecified atom stereocenters. The highest BCUT2D eigenvalue weighted by Crippen LogP contribution is 2.32. The molecule has 0 aliphatic rings. The first-order chi connectivity index (χ1) is 12.0. The van der Waals surface area contributed by atoms with E-state index >= 15 is 0 Å². The third kappa shape index (κ3) is 4.10. The van der Waals surface area contributed by atoms with E-state index in [1.165, 1.54) is 18.3 Å². The van der Waals surface area contributed by atoms with Gasteiger partial charge in [-0.05, 0) is 36.4 Å². The Hall–Kier alpha value is -2.99. The van der Waals surface area contributed by atoms with E-state index in [1.54, 1.807) is 30.3 Å². The lowest BCUT2D eigenvalue weighted by Crippen LogP contribution is -2.17. The van der Waals surface area contributed by atoms with Gasteiger partial charge in [0.25, 0.3) is 0 Å². The van der Waals surface area contributed by atoms with Crippen molar-refractivity contribution >= 4 is 23.4 Å². The Morgan fingerprint density at radius 1 is 1.08 bits per heavy atom. The van der Waals surface area contributed by atoms with Gasteiger partial charge >= 0.3 is 6.09 Å². The summed E-state index contributed by atoms with van der Waals surface area (Å²) in [4.78, 5) is 15.3. The van der Waals surface area contributed by atoms with Crippen molar-refractivity contribution in [1.29, 1.82) is 0 Å². The minimum atomic E-state index is -0.850. The maximum atomic E-state index is 14.3. The van der Waals surface area contributed by atoms with Crippen LogP contribution in [0.15, 0.2) is 60.8 Å². The normalized spacial score (nSPS) is 10.4. The van der Waals surface area contributed by atoms with Gasteiger partial charge in [-0.1, -0.05) is 29.8 Å². The van der Waals surface area contributed by atoms with Crippen molar-refractivity contribution < 1.29 is 18.3 Å². The number of hydrogen-bond acceptors (Lipinski definition) is 3. The number of ether oxygens (including phenoxy) is 1. The number of nitrogens with zero attached hydrogens (tertiary/aromatic N) is 1. The van der Waals surface area contributed by atoms with Gasteiger partial charge in [0.2, 0.25) is 5.95 Å². The zero-order chi connectivity index (χ0) is 17.8. The maximum Gasteiger partial charge on any atom is 0.417 e. The van der Waals surface area contributed by atoms with E-state index < -0.39 is 17.9 Å². The highest BCUT2D eigenvalue weighted by Gasteiger charge is 2.14. The zero-order valence-corrected chi connectivity index (χ0v) is 13.4. The number of nitrogens with one attached hydrogen (secondary N) is 1. The number of carbonyl (C=O) groups is 1. The molecular weight excluding hydrogens is 350 g/mol. The van der Waals surface area contributed by atoms with Crippen molar-refractivity contribution in [2.75, 3.05) is 5.32 Å². The Bertz CT molecular complexity index is 903. The van der Waals surface area contributed by atoms with Gasteiger partial charge in [0, 0.05) is 17.3 Å². The van der Waals surface area contributed by atoms with Crippen LogP contribution in [0.3, 0.4) is 0 Å². The second kappa shape index (κ2) is 7.27. The molecule has 2 aromatic carbocycles. The average molecular weight is 361 g/mol. The van der Waals surface area contributed by atoms with Crippen molar-refractivity contribution in [1.82, 2.24) is 4.98 Å². The molecule has 1 amide bonds. The van der Waals surface area contributed by atoms with Gasteiger partial charge in [0.1, 0.15) is 11.6 Å². The van der Waals surface area contributed by atoms with Gasteiger partial charge < -0.3 is 4.74 Å². The van der Waals surface area contributed by atoms with Gasteiger partial charge in [-0.3, -0.25) is 5.32 Å². The number of halogens is 3. The van der Waals surface area contributed by atoms with Gasteiger partial charge in [-0.25, -0.2) is 14.2 Å². The molecule has 4 nitrogen and oxygen atoms in total. The Labute approximate surface area is 147 Å². The summed E-state index contributed by atoms with van der Waals surface area (Å²) in [6.45, 7) is 0. The summed E-state index contributed by atoms with van der Waals surface area (Å²) >= 11 is 6.14. The monoisotopic (exact) mass is 360 g/mol. The first kappa shape index (κ1) is 16.9. The van der Waals surface area contributed by atoms with E-state index in [0.717, 1.165) is 12.1 Å². The summed E-state index contributed by atoms with van der Waals surface area (Å²) in [5, 5.41) is 2.46. The molecule has 0 fully saturated rings. The van der Waals surface area contributed by atoms with Crippen LogP contribution < -0.4 is 10.1 Å². The summed E-state index contributed by atoms with van der Waals surface area (Å²) in [5.41, 5.74) is 0.641. The fourth-order valence-corrected chi connectivity index (χ4v) is 2.40. The standard InChI is InChI=1S/C18H11ClF2N2O2/c19-14-9-16(23-18(24)25-12-4-2-1-3-5-12)15(20)8-13(14)11-6-7-17(21)22-10-11/h1-10H,(H,23,24). The Kier molecular flexibility index (Phi) is 4.90. The predicted octanol–water partition coefficient (Wildman–Crippen LogP) is 5.29. The molecule has 3 aromatic rings. The lowest BCUT2D eigenvalue weighted by molar-refractivity contribution is 0.215. The molecule has 1 N–H and O–H groups in total. The Balaban J connectivity index is 1.80. The summed E-state index contributed by atoms with van der Waals surface area (Å²) in [7, 11) is 0. The number of amides is 1. The van der Waals surface area contributed by atoms with Crippen LogP contribution in [0.4, 0.5) is 19.3 Å². The zero-order valence-electron chi connectivity index (χ0n) is 12.7. The number of para-hydroxylation sites is 1. The lowest BCUT2D eigenvalue weighted by Gasteiger charge is -2.11. The van der Waals surface area contributed by atoms with Crippen LogP contribution >= 0.6 is 11.6 Å². The van der Waals surface area contributed by atoms with Crippen LogP contribution in [0.25, 0.3) is 11.1 Å². The van der Waals surface area contributed by atoms with Crippen LogP contribution in [-0.2, 0) is 0 Å². The summed E-state index contributed by atoms with van der Waals surface area (Å²) in [5.74, 6) is -1.04. The lowest BCUT2D eigenvalue weighted by atomic mass is 10.1. The number of hydrogen-bond donors (Lipinski definition) is 1. The Morgan fingerprint density at radius 3 is 2.52 bits per heavy atom. The molecule has 0 aliphatic carbocycles. The van der Waals surface area contributed by atoms with Crippen molar-refractivity contribution in [2.45, 2.75) is 0 Å².